The fourth-order valence-corrected chi connectivity index (χ4v) is 4.46. The number of hydrogen-bond acceptors (Lipinski definition) is 8. The quantitative estimate of drug-likeness (QED) is 0.517. The number of nitrogens with zero attached hydrogens (tertiary/aromatic N) is 5. The fraction of sp³-hybridized carbons (Fsp3) is 0.519. The summed E-state index contributed by atoms with van der Waals surface area (Å²) in [5.74, 6) is 1.91. The van der Waals surface area contributed by atoms with Crippen LogP contribution in [0.3, 0.4) is 0 Å². The molecule has 192 valence electrons. The molecule has 0 radical (unpaired) electrons. The molecule has 1 aliphatic rings. The predicted molar refractivity (Wildman–Crippen MR) is 137 cm³/mol. The third-order valence-corrected chi connectivity index (χ3v) is 7.05. The first-order valence-corrected chi connectivity index (χ1v) is 12.5. The second-order valence-corrected chi connectivity index (χ2v) is 11.0. The van der Waals surface area contributed by atoms with Crippen LogP contribution in [0.4, 0.5) is 10.7 Å². The monoisotopic (exact) mass is 492 g/mol. The highest BCUT2D eigenvalue weighted by Gasteiger charge is 2.39. The largest absolute Gasteiger partial charge is 0.444 e. The summed E-state index contributed by atoms with van der Waals surface area (Å²) >= 11 is 0. The average Bonchev–Trinajstić information content (AvgIpc) is 3.34. The lowest BCUT2D eigenvalue weighted by Gasteiger charge is -2.32. The van der Waals surface area contributed by atoms with E-state index >= 15 is 0 Å². The number of amides is 1. The number of aromatic nitrogens is 4. The Morgan fingerprint density at radius 2 is 1.67 bits per heavy atom. The Kier molecular flexibility index (Phi) is 7.02. The maximum absolute atomic E-state index is 12.4. The number of ether oxygens (including phenoxy) is 1. The summed E-state index contributed by atoms with van der Waals surface area (Å²) in [7, 11) is 0. The normalized spacial score (nSPS) is 16.7. The van der Waals surface area contributed by atoms with Gasteiger partial charge in [0.05, 0.1) is 5.41 Å². The van der Waals surface area contributed by atoms with Gasteiger partial charge in [0.2, 0.25) is 11.8 Å². The Morgan fingerprint density at radius 1 is 1.06 bits per heavy atom. The molecule has 4 rings (SSSR count). The molecule has 3 heterocycles. The van der Waals surface area contributed by atoms with E-state index in [1.54, 1.807) is 17.3 Å². The summed E-state index contributed by atoms with van der Waals surface area (Å²) in [6.07, 6.45) is 4.69. The van der Waals surface area contributed by atoms with Gasteiger partial charge in [-0.1, -0.05) is 43.3 Å². The highest BCUT2D eigenvalue weighted by atomic mass is 16.6. The van der Waals surface area contributed by atoms with Crippen LogP contribution in [0.2, 0.25) is 0 Å². The zero-order chi connectivity index (χ0) is 26.1. The Balaban J connectivity index is 1.49. The molecule has 2 aromatic heterocycles. The first-order chi connectivity index (χ1) is 17.0. The average molecular weight is 493 g/mol. The van der Waals surface area contributed by atoms with Crippen LogP contribution >= 0.6 is 0 Å². The van der Waals surface area contributed by atoms with Gasteiger partial charge >= 0.3 is 6.09 Å². The summed E-state index contributed by atoms with van der Waals surface area (Å²) < 4.78 is 11.3. The minimum absolute atomic E-state index is 0.120. The molecule has 1 atom stereocenters. The van der Waals surface area contributed by atoms with Gasteiger partial charge in [-0.05, 0) is 57.6 Å². The molecular weight excluding hydrogens is 456 g/mol. The fourth-order valence-electron chi connectivity index (χ4n) is 4.46. The number of piperidine rings is 1. The summed E-state index contributed by atoms with van der Waals surface area (Å²) in [4.78, 5) is 27.2. The molecule has 0 saturated carbocycles. The van der Waals surface area contributed by atoms with Crippen molar-refractivity contribution in [1.29, 1.82) is 0 Å². The van der Waals surface area contributed by atoms with Gasteiger partial charge in [0.25, 0.3) is 0 Å². The van der Waals surface area contributed by atoms with Crippen molar-refractivity contribution >= 4 is 12.0 Å². The van der Waals surface area contributed by atoms with Crippen LogP contribution in [0.5, 0.6) is 0 Å². The van der Waals surface area contributed by atoms with Gasteiger partial charge in [0.1, 0.15) is 5.60 Å². The van der Waals surface area contributed by atoms with E-state index in [1.165, 1.54) is 0 Å². The van der Waals surface area contributed by atoms with Crippen molar-refractivity contribution in [1.82, 2.24) is 25.0 Å². The van der Waals surface area contributed by atoms with Crippen LogP contribution < -0.4 is 5.73 Å². The van der Waals surface area contributed by atoms with E-state index in [4.69, 9.17) is 20.0 Å². The number of rotatable bonds is 5. The first kappa shape index (κ1) is 25.6. The molecule has 2 N–H and O–H groups in total. The highest BCUT2D eigenvalue weighted by Crippen LogP contribution is 2.39. The maximum Gasteiger partial charge on any atom is 0.410 e. The lowest BCUT2D eigenvalue weighted by atomic mass is 9.72. The van der Waals surface area contributed by atoms with Gasteiger partial charge < -0.3 is 19.9 Å². The summed E-state index contributed by atoms with van der Waals surface area (Å²) in [6, 6.07) is 8.30. The molecule has 36 heavy (non-hydrogen) atoms. The topological polar surface area (TPSA) is 120 Å². The Bertz CT molecular complexity index is 1180. The molecule has 1 amide bonds. The summed E-state index contributed by atoms with van der Waals surface area (Å²) in [5, 5.41) is 4.43. The molecule has 1 fully saturated rings. The van der Waals surface area contributed by atoms with E-state index in [1.807, 2.05) is 20.8 Å². The number of nitrogen functional groups attached to an aromatic ring is 1. The van der Waals surface area contributed by atoms with Crippen molar-refractivity contribution in [3.8, 4) is 11.1 Å². The Hall–Kier alpha value is -3.49. The number of benzene rings is 1. The maximum atomic E-state index is 12.4. The van der Waals surface area contributed by atoms with E-state index in [0.29, 0.717) is 24.8 Å². The number of hydrogen-bond donors (Lipinski definition) is 1. The van der Waals surface area contributed by atoms with Crippen molar-refractivity contribution in [2.45, 2.75) is 71.3 Å². The second kappa shape index (κ2) is 9.87. The van der Waals surface area contributed by atoms with Crippen molar-refractivity contribution in [2.75, 3.05) is 18.8 Å². The molecule has 1 unspecified atom stereocenters. The van der Waals surface area contributed by atoms with Gasteiger partial charge in [-0.15, -0.1) is 0 Å². The number of nitrogens with two attached hydrogens (primary N) is 1. The van der Waals surface area contributed by atoms with Gasteiger partial charge in [0, 0.05) is 37.0 Å². The molecule has 0 spiro atoms. The third kappa shape index (κ3) is 5.34. The Labute approximate surface area is 212 Å². The molecule has 3 aromatic rings. The lowest BCUT2D eigenvalue weighted by Crippen LogP contribution is -2.41. The van der Waals surface area contributed by atoms with Crippen LogP contribution in [-0.4, -0.2) is 49.8 Å². The van der Waals surface area contributed by atoms with Crippen LogP contribution in [-0.2, 0) is 10.2 Å². The molecular formula is C27H36N6O3. The first-order valence-electron chi connectivity index (χ1n) is 12.5. The molecule has 0 aliphatic carbocycles. The van der Waals surface area contributed by atoms with Crippen molar-refractivity contribution < 1.29 is 14.1 Å². The molecule has 1 saturated heterocycles. The van der Waals surface area contributed by atoms with E-state index in [0.717, 1.165) is 29.5 Å². The zero-order valence-corrected chi connectivity index (χ0v) is 22.0. The van der Waals surface area contributed by atoms with Crippen LogP contribution in [0.1, 0.15) is 77.6 Å². The van der Waals surface area contributed by atoms with Gasteiger partial charge in [-0.3, -0.25) is 0 Å². The molecule has 1 aliphatic heterocycles. The van der Waals surface area contributed by atoms with Gasteiger partial charge in [-0.2, -0.15) is 4.98 Å². The molecule has 9 heteroatoms. The Morgan fingerprint density at radius 3 is 2.22 bits per heavy atom. The third-order valence-electron chi connectivity index (χ3n) is 7.05. The minimum atomic E-state index is -0.502. The van der Waals surface area contributed by atoms with Gasteiger partial charge in [-0.25, -0.2) is 14.8 Å². The summed E-state index contributed by atoms with van der Waals surface area (Å²) in [5.41, 5.74) is 7.69. The number of likely N-dealkylation sites (tertiary alicyclic amines) is 1. The standard InChI is InChI=1S/C27H36N6O3/c1-17(2)27(6,21-9-7-18(8-10-21)20-15-29-24(28)30-16-20)23-31-22(36-32-23)19-11-13-33(14-12-19)25(34)35-26(3,4)5/h7-10,15-17,19H,11-14H2,1-6H3,(H2,28,29,30). The minimum Gasteiger partial charge on any atom is -0.444 e. The van der Waals surface area contributed by atoms with Crippen LogP contribution in [0, 0.1) is 5.92 Å². The van der Waals surface area contributed by atoms with Crippen molar-refractivity contribution in [3.63, 3.8) is 0 Å². The number of anilines is 1. The van der Waals surface area contributed by atoms with E-state index in [2.05, 4.69) is 60.2 Å². The highest BCUT2D eigenvalue weighted by molar-refractivity contribution is 5.68. The van der Waals surface area contributed by atoms with Crippen LogP contribution in [0.15, 0.2) is 41.2 Å². The lowest BCUT2D eigenvalue weighted by molar-refractivity contribution is 0.0198. The molecule has 0 bridgehead atoms. The molecule has 9 nitrogen and oxygen atoms in total. The number of carbonyl (C=O) groups excluding carboxylic acids is 1. The SMILES string of the molecule is CC(C)C(C)(c1ccc(-c2cnc(N)nc2)cc1)c1noc(C2CCN(C(=O)OC(C)(C)C)CC2)n1. The van der Waals surface area contributed by atoms with Gasteiger partial charge in [0.15, 0.2) is 5.82 Å². The van der Waals surface area contributed by atoms with E-state index in [9.17, 15) is 4.79 Å². The number of carbonyl (C=O) groups is 1. The van der Waals surface area contributed by atoms with Crippen LogP contribution in [0.25, 0.3) is 11.1 Å². The van der Waals surface area contributed by atoms with E-state index in [-0.39, 0.29) is 23.9 Å². The van der Waals surface area contributed by atoms with E-state index < -0.39 is 11.0 Å². The molecule has 1 aromatic carbocycles. The second-order valence-electron chi connectivity index (χ2n) is 11.0. The predicted octanol–water partition coefficient (Wildman–Crippen LogP) is 5.19. The smallest absolute Gasteiger partial charge is 0.410 e. The van der Waals surface area contributed by atoms with Crippen molar-refractivity contribution in [3.05, 3.63) is 53.9 Å². The zero-order valence-electron chi connectivity index (χ0n) is 22.0. The van der Waals surface area contributed by atoms with Crippen molar-refractivity contribution in [2.24, 2.45) is 5.92 Å². The summed E-state index contributed by atoms with van der Waals surface area (Å²) in [6.45, 7) is 13.3.